The van der Waals surface area contributed by atoms with Crippen LogP contribution in [0.5, 0.6) is 5.75 Å². The highest BCUT2D eigenvalue weighted by molar-refractivity contribution is 5.95. The number of aromatic nitrogens is 1. The van der Waals surface area contributed by atoms with Crippen LogP contribution in [0.1, 0.15) is 16.7 Å². The molecule has 2 aliphatic rings. The molecule has 0 N–H and O–H groups in total. The number of likely N-dealkylation sites (N-methyl/N-ethyl adjacent to an activating group) is 1. The van der Waals surface area contributed by atoms with Crippen molar-refractivity contribution in [3.8, 4) is 5.75 Å². The van der Waals surface area contributed by atoms with Crippen molar-refractivity contribution in [2.75, 3.05) is 20.2 Å². The molecule has 1 aromatic carbocycles. The number of pyridine rings is 1. The Labute approximate surface area is 130 Å². The molecule has 0 aliphatic carbocycles. The maximum atomic E-state index is 5.63. The molecule has 4 rings (SSSR count). The minimum atomic E-state index is 0.796. The van der Waals surface area contributed by atoms with Crippen LogP contribution in [0.15, 0.2) is 54.9 Å². The van der Waals surface area contributed by atoms with E-state index in [1.165, 1.54) is 28.0 Å². The van der Waals surface area contributed by atoms with Crippen LogP contribution in [0.2, 0.25) is 0 Å². The van der Waals surface area contributed by atoms with E-state index in [-0.39, 0.29) is 0 Å². The lowest BCUT2D eigenvalue weighted by atomic mass is 9.95. The predicted molar refractivity (Wildman–Crippen MR) is 88.5 cm³/mol. The Hall–Kier alpha value is -2.55. The van der Waals surface area contributed by atoms with E-state index in [1.54, 1.807) is 0 Å². The molecule has 3 nitrogen and oxygen atoms in total. The van der Waals surface area contributed by atoms with Crippen LogP contribution >= 0.6 is 0 Å². The summed E-state index contributed by atoms with van der Waals surface area (Å²) in [5.74, 6) is 1.03. The molecule has 2 aromatic rings. The van der Waals surface area contributed by atoms with E-state index in [0.717, 1.165) is 25.3 Å². The van der Waals surface area contributed by atoms with Crippen LogP contribution in [0.4, 0.5) is 0 Å². The van der Waals surface area contributed by atoms with Crippen molar-refractivity contribution >= 4 is 11.3 Å². The molecule has 0 fully saturated rings. The molecule has 22 heavy (non-hydrogen) atoms. The largest absolute Gasteiger partial charge is 0.493 e. The van der Waals surface area contributed by atoms with Gasteiger partial charge in [0.15, 0.2) is 0 Å². The van der Waals surface area contributed by atoms with E-state index in [1.807, 2.05) is 12.4 Å². The first-order valence-corrected chi connectivity index (χ1v) is 7.61. The molecule has 3 heteroatoms. The molecule has 110 valence electrons. The number of allylic oxidation sites excluding steroid dienone is 2. The van der Waals surface area contributed by atoms with Crippen molar-refractivity contribution in [1.82, 2.24) is 9.88 Å². The summed E-state index contributed by atoms with van der Waals surface area (Å²) in [6.45, 7) is 1.72. The number of nitrogens with zero attached hydrogens (tertiary/aromatic N) is 2. The SMILES string of the molecule is CN1CC=CC(c2ccncc2)=C1c1ccc2c(c1)CCO2. The fourth-order valence-electron chi connectivity index (χ4n) is 3.18. The van der Waals surface area contributed by atoms with Gasteiger partial charge in [0.25, 0.3) is 0 Å². The number of fused-ring (bicyclic) bond motifs is 1. The second-order valence-electron chi connectivity index (χ2n) is 5.70. The molecule has 0 saturated carbocycles. The van der Waals surface area contributed by atoms with Crippen molar-refractivity contribution in [2.24, 2.45) is 0 Å². The smallest absolute Gasteiger partial charge is 0.122 e. The van der Waals surface area contributed by atoms with Crippen LogP contribution in [-0.2, 0) is 6.42 Å². The monoisotopic (exact) mass is 290 g/mol. The zero-order chi connectivity index (χ0) is 14.9. The molecule has 2 aliphatic heterocycles. The summed E-state index contributed by atoms with van der Waals surface area (Å²) in [6.07, 6.45) is 9.11. The van der Waals surface area contributed by atoms with Gasteiger partial charge in [-0.25, -0.2) is 0 Å². The van der Waals surface area contributed by atoms with Gasteiger partial charge >= 0.3 is 0 Å². The van der Waals surface area contributed by atoms with Crippen molar-refractivity contribution in [2.45, 2.75) is 6.42 Å². The van der Waals surface area contributed by atoms with Crippen LogP contribution < -0.4 is 4.74 Å². The lowest BCUT2D eigenvalue weighted by molar-refractivity contribution is 0.357. The third kappa shape index (κ3) is 2.19. The molecular weight excluding hydrogens is 272 g/mol. The van der Waals surface area contributed by atoms with Gasteiger partial charge in [0, 0.05) is 38.0 Å². The topological polar surface area (TPSA) is 25.4 Å². The van der Waals surface area contributed by atoms with Crippen molar-refractivity contribution < 1.29 is 4.74 Å². The van der Waals surface area contributed by atoms with Crippen LogP contribution in [0.3, 0.4) is 0 Å². The van der Waals surface area contributed by atoms with Gasteiger partial charge in [-0.2, -0.15) is 0 Å². The Kier molecular flexibility index (Phi) is 3.19. The summed E-state index contributed by atoms with van der Waals surface area (Å²) < 4.78 is 5.63. The average Bonchev–Trinajstić information content (AvgIpc) is 3.03. The predicted octanol–water partition coefficient (Wildman–Crippen LogP) is 3.39. The van der Waals surface area contributed by atoms with Gasteiger partial charge in [0.2, 0.25) is 0 Å². The maximum Gasteiger partial charge on any atom is 0.122 e. The highest BCUT2D eigenvalue weighted by Gasteiger charge is 2.19. The number of hydrogen-bond acceptors (Lipinski definition) is 3. The zero-order valence-electron chi connectivity index (χ0n) is 12.6. The van der Waals surface area contributed by atoms with Gasteiger partial charge in [0.05, 0.1) is 12.3 Å². The fraction of sp³-hybridized carbons (Fsp3) is 0.211. The first kappa shape index (κ1) is 13.1. The average molecular weight is 290 g/mol. The zero-order valence-corrected chi connectivity index (χ0v) is 12.6. The van der Waals surface area contributed by atoms with Crippen molar-refractivity contribution in [3.63, 3.8) is 0 Å². The van der Waals surface area contributed by atoms with Gasteiger partial charge < -0.3 is 9.64 Å². The van der Waals surface area contributed by atoms with Gasteiger partial charge in [-0.3, -0.25) is 4.98 Å². The van der Waals surface area contributed by atoms with E-state index >= 15 is 0 Å². The summed E-state index contributed by atoms with van der Waals surface area (Å²) >= 11 is 0. The second-order valence-corrected chi connectivity index (χ2v) is 5.70. The summed E-state index contributed by atoms with van der Waals surface area (Å²) in [7, 11) is 2.14. The first-order chi connectivity index (χ1) is 10.8. The summed E-state index contributed by atoms with van der Waals surface area (Å²) in [6, 6.07) is 10.7. The summed E-state index contributed by atoms with van der Waals surface area (Å²) in [5.41, 5.74) is 6.27. The summed E-state index contributed by atoms with van der Waals surface area (Å²) in [5, 5.41) is 0. The molecule has 0 bridgehead atoms. The molecule has 3 heterocycles. The van der Waals surface area contributed by atoms with Crippen LogP contribution in [0, 0.1) is 0 Å². The molecule has 0 saturated heterocycles. The van der Waals surface area contributed by atoms with Crippen molar-refractivity contribution in [1.29, 1.82) is 0 Å². The lowest BCUT2D eigenvalue weighted by Crippen LogP contribution is -2.20. The Morgan fingerprint density at radius 3 is 2.82 bits per heavy atom. The third-order valence-corrected chi connectivity index (χ3v) is 4.25. The molecule has 0 amide bonds. The quantitative estimate of drug-likeness (QED) is 0.848. The Morgan fingerprint density at radius 2 is 1.95 bits per heavy atom. The second kappa shape index (κ2) is 5.34. The highest BCUT2D eigenvalue weighted by Crippen LogP contribution is 2.35. The molecule has 1 aromatic heterocycles. The van der Waals surface area contributed by atoms with E-state index in [0.29, 0.717) is 0 Å². The number of benzene rings is 1. The highest BCUT2D eigenvalue weighted by atomic mass is 16.5. The van der Waals surface area contributed by atoms with E-state index < -0.39 is 0 Å². The normalized spacial score (nSPS) is 16.7. The summed E-state index contributed by atoms with van der Waals surface area (Å²) in [4.78, 5) is 6.43. The maximum absolute atomic E-state index is 5.63. The minimum absolute atomic E-state index is 0.796. The minimum Gasteiger partial charge on any atom is -0.493 e. The Morgan fingerprint density at radius 1 is 1.09 bits per heavy atom. The lowest BCUT2D eigenvalue weighted by Gasteiger charge is -2.28. The van der Waals surface area contributed by atoms with Crippen molar-refractivity contribution in [3.05, 3.63) is 71.6 Å². The van der Waals surface area contributed by atoms with E-state index in [9.17, 15) is 0 Å². The fourth-order valence-corrected chi connectivity index (χ4v) is 3.18. The van der Waals surface area contributed by atoms with Gasteiger partial charge in [-0.05, 0) is 47.0 Å². The third-order valence-electron chi connectivity index (χ3n) is 4.25. The first-order valence-electron chi connectivity index (χ1n) is 7.61. The van der Waals surface area contributed by atoms with E-state index in [2.05, 4.69) is 59.4 Å². The number of hydrogen-bond donors (Lipinski definition) is 0. The molecule has 0 atom stereocenters. The molecule has 0 unspecified atom stereocenters. The standard InChI is InChI=1S/C19H18N2O/c1-21-11-2-3-17(14-6-9-20-10-7-14)19(21)16-4-5-18-15(13-16)8-12-22-18/h2-7,9-10,13H,8,11-12H2,1H3. The van der Waals surface area contributed by atoms with Gasteiger partial charge in [-0.1, -0.05) is 12.2 Å². The molecule has 0 radical (unpaired) electrons. The molecular formula is C19H18N2O. The Balaban J connectivity index is 1.88. The van der Waals surface area contributed by atoms with E-state index in [4.69, 9.17) is 4.74 Å². The number of ether oxygens (including phenoxy) is 1. The van der Waals surface area contributed by atoms with Gasteiger partial charge in [0.1, 0.15) is 5.75 Å². The Bertz CT molecular complexity index is 762. The molecule has 0 spiro atoms. The van der Waals surface area contributed by atoms with Gasteiger partial charge in [-0.15, -0.1) is 0 Å². The number of rotatable bonds is 2. The van der Waals surface area contributed by atoms with Crippen LogP contribution in [0.25, 0.3) is 11.3 Å². The van der Waals surface area contributed by atoms with Crippen LogP contribution in [-0.4, -0.2) is 30.1 Å².